The van der Waals surface area contributed by atoms with Crippen molar-refractivity contribution in [1.29, 1.82) is 0 Å². The van der Waals surface area contributed by atoms with E-state index in [0.717, 1.165) is 11.3 Å². The van der Waals surface area contributed by atoms with Gasteiger partial charge in [-0.3, -0.25) is 4.79 Å². The summed E-state index contributed by atoms with van der Waals surface area (Å²) in [5.74, 6) is 1.20. The van der Waals surface area contributed by atoms with Crippen LogP contribution in [0, 0.1) is 5.82 Å². The highest BCUT2D eigenvalue weighted by atomic mass is 19.1. The Balaban J connectivity index is 1.45. The number of carbonyl (C=O) groups is 1. The normalized spacial score (nSPS) is 10.6. The number of carbonyl (C=O) groups excluding carboxylic acids is 1. The molecule has 1 N–H and O–H groups in total. The Labute approximate surface area is 156 Å². The number of methoxy groups -OCH3 is 1. The van der Waals surface area contributed by atoms with Crippen molar-refractivity contribution in [3.63, 3.8) is 0 Å². The number of nitrogens with one attached hydrogen (secondary N) is 1. The molecular formula is C20H20FN3O3. The minimum Gasteiger partial charge on any atom is -0.497 e. The molecule has 1 amide bonds. The molecule has 140 valence electrons. The van der Waals surface area contributed by atoms with Gasteiger partial charge in [0.1, 0.15) is 11.6 Å². The Bertz CT molecular complexity index is 893. The topological polar surface area (TPSA) is 77.2 Å². The van der Waals surface area contributed by atoms with Crippen LogP contribution in [0.15, 0.2) is 53.1 Å². The molecule has 27 heavy (non-hydrogen) atoms. The van der Waals surface area contributed by atoms with Gasteiger partial charge >= 0.3 is 0 Å². The van der Waals surface area contributed by atoms with Gasteiger partial charge in [0, 0.05) is 24.9 Å². The maximum absolute atomic E-state index is 13.5. The predicted octanol–water partition coefficient (Wildman–Crippen LogP) is 3.18. The van der Waals surface area contributed by atoms with Crippen LogP contribution in [0.4, 0.5) is 4.39 Å². The second kappa shape index (κ2) is 8.93. The Hall–Kier alpha value is -3.22. The summed E-state index contributed by atoms with van der Waals surface area (Å²) < 4.78 is 23.8. The second-order valence-electron chi connectivity index (χ2n) is 5.93. The summed E-state index contributed by atoms with van der Waals surface area (Å²) >= 11 is 0. The maximum atomic E-state index is 13.5. The van der Waals surface area contributed by atoms with Gasteiger partial charge < -0.3 is 14.6 Å². The third-order valence-electron chi connectivity index (χ3n) is 4.06. The zero-order valence-corrected chi connectivity index (χ0v) is 14.9. The summed E-state index contributed by atoms with van der Waals surface area (Å²) in [4.78, 5) is 16.2. The molecule has 0 bridgehead atoms. The zero-order chi connectivity index (χ0) is 19.1. The number of ether oxygens (including phenoxy) is 1. The van der Waals surface area contributed by atoms with E-state index in [2.05, 4.69) is 15.5 Å². The van der Waals surface area contributed by atoms with E-state index in [4.69, 9.17) is 9.26 Å². The van der Waals surface area contributed by atoms with Crippen LogP contribution in [0.2, 0.25) is 0 Å². The van der Waals surface area contributed by atoms with Gasteiger partial charge in [0.15, 0.2) is 0 Å². The van der Waals surface area contributed by atoms with Gasteiger partial charge in [-0.1, -0.05) is 23.4 Å². The lowest BCUT2D eigenvalue weighted by Crippen LogP contribution is -2.26. The van der Waals surface area contributed by atoms with Crippen LogP contribution in [-0.2, 0) is 17.6 Å². The van der Waals surface area contributed by atoms with Gasteiger partial charge in [-0.25, -0.2) is 4.39 Å². The molecule has 3 rings (SSSR count). The number of aromatic nitrogens is 2. The molecule has 0 aliphatic heterocycles. The van der Waals surface area contributed by atoms with E-state index in [1.54, 1.807) is 25.3 Å². The van der Waals surface area contributed by atoms with Gasteiger partial charge in [-0.15, -0.1) is 0 Å². The van der Waals surface area contributed by atoms with Crippen LogP contribution in [0.3, 0.4) is 0 Å². The fourth-order valence-corrected chi connectivity index (χ4v) is 2.56. The second-order valence-corrected chi connectivity index (χ2v) is 5.93. The fourth-order valence-electron chi connectivity index (χ4n) is 2.56. The van der Waals surface area contributed by atoms with Crippen molar-refractivity contribution in [2.75, 3.05) is 13.7 Å². The lowest BCUT2D eigenvalue weighted by atomic mass is 10.1. The molecule has 0 atom stereocenters. The van der Waals surface area contributed by atoms with Gasteiger partial charge in [0.25, 0.3) is 0 Å². The highest BCUT2D eigenvalue weighted by Gasteiger charge is 2.11. The Morgan fingerprint density at radius 3 is 2.67 bits per heavy atom. The summed E-state index contributed by atoms with van der Waals surface area (Å²) in [5.41, 5.74) is 1.39. The number of halogens is 1. The first-order valence-electron chi connectivity index (χ1n) is 8.63. The number of nitrogens with zero attached hydrogens (tertiary/aromatic N) is 2. The number of benzene rings is 2. The van der Waals surface area contributed by atoms with Crippen molar-refractivity contribution in [3.05, 3.63) is 65.8 Å². The summed E-state index contributed by atoms with van der Waals surface area (Å²) in [6.45, 7) is 0.376. The highest BCUT2D eigenvalue weighted by molar-refractivity contribution is 5.76. The summed E-state index contributed by atoms with van der Waals surface area (Å²) in [6.07, 6.45) is 1.01. The molecule has 0 radical (unpaired) electrons. The van der Waals surface area contributed by atoms with Gasteiger partial charge in [-0.2, -0.15) is 4.98 Å². The summed E-state index contributed by atoms with van der Waals surface area (Å²) in [7, 11) is 1.60. The van der Waals surface area contributed by atoms with Crippen LogP contribution in [0.25, 0.3) is 11.4 Å². The molecule has 0 saturated carbocycles. The van der Waals surface area contributed by atoms with Crippen LogP contribution >= 0.6 is 0 Å². The third-order valence-corrected chi connectivity index (χ3v) is 4.06. The summed E-state index contributed by atoms with van der Waals surface area (Å²) in [5, 5.41) is 6.70. The van der Waals surface area contributed by atoms with E-state index in [-0.39, 0.29) is 18.1 Å². The van der Waals surface area contributed by atoms with Crippen molar-refractivity contribution < 1.29 is 18.4 Å². The first-order chi connectivity index (χ1) is 13.2. The first kappa shape index (κ1) is 18.6. The molecule has 0 fully saturated rings. The van der Waals surface area contributed by atoms with Gasteiger partial charge in [-0.05, 0) is 42.3 Å². The van der Waals surface area contributed by atoms with E-state index in [0.29, 0.717) is 36.7 Å². The molecule has 3 aromatic rings. The zero-order valence-electron chi connectivity index (χ0n) is 14.9. The lowest BCUT2D eigenvalue weighted by molar-refractivity contribution is -0.121. The predicted molar refractivity (Wildman–Crippen MR) is 97.7 cm³/mol. The molecule has 0 aliphatic carbocycles. The van der Waals surface area contributed by atoms with E-state index in [9.17, 15) is 9.18 Å². The number of aryl methyl sites for hydroxylation is 1. The summed E-state index contributed by atoms with van der Waals surface area (Å²) in [6, 6.07) is 13.8. The van der Waals surface area contributed by atoms with E-state index in [1.807, 2.05) is 24.3 Å². The molecule has 1 aromatic heterocycles. The SMILES string of the molecule is COc1ccc(-c2noc(CCC(=O)NCCc3ccccc3F)n2)cc1. The molecular weight excluding hydrogens is 349 g/mol. The molecule has 0 aliphatic rings. The maximum Gasteiger partial charge on any atom is 0.227 e. The molecule has 0 saturated heterocycles. The molecule has 6 nitrogen and oxygen atoms in total. The quantitative estimate of drug-likeness (QED) is 0.660. The molecule has 0 unspecified atom stereocenters. The van der Waals surface area contributed by atoms with Crippen LogP contribution in [-0.4, -0.2) is 29.7 Å². The number of rotatable bonds is 8. The van der Waals surface area contributed by atoms with Crippen LogP contribution in [0.1, 0.15) is 17.9 Å². The smallest absolute Gasteiger partial charge is 0.227 e. The standard InChI is InChI=1S/C20H20FN3O3/c1-26-16-8-6-15(7-9-16)20-23-19(27-24-20)11-10-18(25)22-13-12-14-4-2-3-5-17(14)21/h2-9H,10-13H2,1H3,(H,22,25). The van der Waals surface area contributed by atoms with E-state index in [1.165, 1.54) is 6.07 Å². The average Bonchev–Trinajstić information content (AvgIpc) is 3.17. The number of hydrogen-bond acceptors (Lipinski definition) is 5. The van der Waals surface area contributed by atoms with Gasteiger partial charge in [0.05, 0.1) is 7.11 Å². The van der Waals surface area contributed by atoms with Crippen molar-refractivity contribution in [2.45, 2.75) is 19.3 Å². The fraction of sp³-hybridized carbons (Fsp3) is 0.250. The molecule has 7 heteroatoms. The molecule has 1 heterocycles. The average molecular weight is 369 g/mol. The van der Waals surface area contributed by atoms with Crippen molar-refractivity contribution in [2.24, 2.45) is 0 Å². The van der Waals surface area contributed by atoms with Crippen LogP contribution < -0.4 is 10.1 Å². The first-order valence-corrected chi connectivity index (χ1v) is 8.63. The van der Waals surface area contributed by atoms with Crippen LogP contribution in [0.5, 0.6) is 5.75 Å². The number of amides is 1. The monoisotopic (exact) mass is 369 g/mol. The largest absolute Gasteiger partial charge is 0.497 e. The van der Waals surface area contributed by atoms with Gasteiger partial charge in [0.2, 0.25) is 17.6 Å². The molecule has 0 spiro atoms. The number of hydrogen-bond donors (Lipinski definition) is 1. The minimum atomic E-state index is -0.260. The van der Waals surface area contributed by atoms with Crippen molar-refractivity contribution >= 4 is 5.91 Å². The van der Waals surface area contributed by atoms with Crippen molar-refractivity contribution in [1.82, 2.24) is 15.5 Å². The third kappa shape index (κ3) is 5.13. The minimum absolute atomic E-state index is 0.143. The van der Waals surface area contributed by atoms with E-state index >= 15 is 0 Å². The Kier molecular flexibility index (Phi) is 6.14. The molecule has 2 aromatic carbocycles. The Morgan fingerprint density at radius 1 is 1.15 bits per heavy atom. The Morgan fingerprint density at radius 2 is 1.93 bits per heavy atom. The highest BCUT2D eigenvalue weighted by Crippen LogP contribution is 2.20. The van der Waals surface area contributed by atoms with E-state index < -0.39 is 0 Å². The lowest BCUT2D eigenvalue weighted by Gasteiger charge is -2.05. The van der Waals surface area contributed by atoms with Crippen molar-refractivity contribution in [3.8, 4) is 17.1 Å².